The number of rotatable bonds is 4. The quantitative estimate of drug-likeness (QED) is 0.667. The van der Waals surface area contributed by atoms with Crippen LogP contribution in [0.25, 0.3) is 16.9 Å². The largest absolute Gasteiger partial charge is 0.373 e. The Bertz CT molecular complexity index is 826. The Morgan fingerprint density at radius 2 is 1.61 bits per heavy atom. The molecule has 0 unspecified atom stereocenters. The van der Waals surface area contributed by atoms with Gasteiger partial charge in [0.1, 0.15) is 17.3 Å². The topological polar surface area (TPSA) is 98.7 Å². The van der Waals surface area contributed by atoms with Crippen LogP contribution in [0, 0.1) is 13.8 Å². The molecule has 1 aromatic carbocycles. The minimum Gasteiger partial charge on any atom is -0.373 e. The number of nitrogens with one attached hydrogen (secondary N) is 1. The summed E-state index contributed by atoms with van der Waals surface area (Å²) >= 11 is 0. The molecule has 2 aromatic heterocycles. The summed E-state index contributed by atoms with van der Waals surface area (Å²) < 4.78 is 1.91. The Morgan fingerprint density at radius 1 is 1.07 bits per heavy atom. The first kappa shape index (κ1) is 22.8. The summed E-state index contributed by atoms with van der Waals surface area (Å²) in [5.41, 5.74) is 8.07. The fraction of sp³-hybridized carbons (Fsp3) is 0.333. The number of carbonyl (C=O) groups excluding carboxylic acids is 1. The fourth-order valence-corrected chi connectivity index (χ4v) is 2.33. The summed E-state index contributed by atoms with van der Waals surface area (Å²) in [6.07, 6.45) is 6.51. The summed E-state index contributed by atoms with van der Waals surface area (Å²) in [6, 6.07) is 10.1. The molecular formula is C21H30N6O. The van der Waals surface area contributed by atoms with Gasteiger partial charge in [0.2, 0.25) is 6.41 Å². The van der Waals surface area contributed by atoms with Gasteiger partial charge in [-0.15, -0.1) is 0 Å². The fourth-order valence-electron chi connectivity index (χ4n) is 2.33. The van der Waals surface area contributed by atoms with Gasteiger partial charge in [0.05, 0.1) is 5.69 Å². The predicted molar refractivity (Wildman–Crippen MR) is 114 cm³/mol. The van der Waals surface area contributed by atoms with Crippen molar-refractivity contribution in [3.63, 3.8) is 0 Å². The molecular weight excluding hydrogens is 352 g/mol. The number of amides is 1. The first-order valence-corrected chi connectivity index (χ1v) is 9.31. The maximum absolute atomic E-state index is 8.58. The van der Waals surface area contributed by atoms with Gasteiger partial charge in [0, 0.05) is 30.6 Å². The zero-order chi connectivity index (χ0) is 20.9. The van der Waals surface area contributed by atoms with Gasteiger partial charge in [-0.3, -0.25) is 4.79 Å². The van der Waals surface area contributed by atoms with Crippen molar-refractivity contribution in [2.45, 2.75) is 40.5 Å². The van der Waals surface area contributed by atoms with Crippen LogP contribution in [0.2, 0.25) is 0 Å². The summed E-state index contributed by atoms with van der Waals surface area (Å²) in [6.45, 7) is 8.28. The molecule has 2 heterocycles. The van der Waals surface area contributed by atoms with Gasteiger partial charge in [-0.1, -0.05) is 44.9 Å². The molecule has 28 heavy (non-hydrogen) atoms. The maximum atomic E-state index is 8.58. The van der Waals surface area contributed by atoms with Crippen molar-refractivity contribution >= 4 is 12.2 Å². The molecule has 0 bridgehead atoms. The van der Waals surface area contributed by atoms with Crippen molar-refractivity contribution in [3.05, 3.63) is 54.1 Å². The number of nitrogens with two attached hydrogens (primary N) is 1. The molecule has 3 aromatic rings. The van der Waals surface area contributed by atoms with Gasteiger partial charge in [-0.05, 0) is 26.0 Å². The number of aromatic nitrogens is 4. The highest BCUT2D eigenvalue weighted by Gasteiger charge is 2.16. The number of carbonyl (C=O) groups is 1. The number of anilines is 1. The van der Waals surface area contributed by atoms with Crippen molar-refractivity contribution < 1.29 is 4.79 Å². The van der Waals surface area contributed by atoms with E-state index in [0.29, 0.717) is 0 Å². The molecule has 0 atom stereocenters. The molecule has 0 aliphatic heterocycles. The van der Waals surface area contributed by atoms with Gasteiger partial charge in [0.15, 0.2) is 0 Å². The van der Waals surface area contributed by atoms with Crippen LogP contribution in [0.1, 0.15) is 38.1 Å². The number of unbranched alkanes of at least 4 members (excludes halogenated alkanes) is 1. The van der Waals surface area contributed by atoms with E-state index in [1.807, 2.05) is 68.3 Å². The molecule has 0 fully saturated rings. The van der Waals surface area contributed by atoms with Crippen LogP contribution in [0.3, 0.4) is 0 Å². The average molecular weight is 383 g/mol. The van der Waals surface area contributed by atoms with Crippen molar-refractivity contribution in [1.29, 1.82) is 0 Å². The molecule has 0 aliphatic rings. The van der Waals surface area contributed by atoms with Crippen molar-refractivity contribution in [2.75, 3.05) is 12.4 Å². The zero-order valence-electron chi connectivity index (χ0n) is 17.3. The van der Waals surface area contributed by atoms with Crippen molar-refractivity contribution in [3.8, 4) is 16.9 Å². The lowest BCUT2D eigenvalue weighted by atomic mass is 10.1. The number of nitrogens with zero attached hydrogens (tertiary/aromatic N) is 4. The van der Waals surface area contributed by atoms with E-state index in [1.165, 1.54) is 12.8 Å². The third kappa shape index (κ3) is 6.19. The number of primary amides is 1. The van der Waals surface area contributed by atoms with Crippen LogP contribution in [0.4, 0.5) is 5.82 Å². The van der Waals surface area contributed by atoms with E-state index >= 15 is 0 Å². The van der Waals surface area contributed by atoms with Crippen LogP contribution in [0.5, 0.6) is 0 Å². The van der Waals surface area contributed by atoms with Gasteiger partial charge < -0.3 is 11.1 Å². The molecule has 0 aliphatic carbocycles. The lowest BCUT2D eigenvalue weighted by molar-refractivity contribution is -0.106. The van der Waals surface area contributed by atoms with Crippen molar-refractivity contribution in [2.24, 2.45) is 5.73 Å². The van der Waals surface area contributed by atoms with E-state index in [2.05, 4.69) is 34.9 Å². The van der Waals surface area contributed by atoms with E-state index in [4.69, 9.17) is 9.89 Å². The predicted octanol–water partition coefficient (Wildman–Crippen LogP) is 3.90. The molecule has 3 rings (SSSR count). The summed E-state index contributed by atoms with van der Waals surface area (Å²) in [5, 5.41) is 7.95. The Kier molecular flexibility index (Phi) is 9.96. The van der Waals surface area contributed by atoms with E-state index in [-0.39, 0.29) is 6.41 Å². The second-order valence-electron chi connectivity index (χ2n) is 5.97. The molecule has 0 saturated heterocycles. The minimum absolute atomic E-state index is 0.250. The molecule has 0 saturated carbocycles. The maximum Gasteiger partial charge on any atom is 0.204 e. The van der Waals surface area contributed by atoms with E-state index in [9.17, 15) is 0 Å². The van der Waals surface area contributed by atoms with Crippen LogP contribution in [0.15, 0.2) is 42.7 Å². The summed E-state index contributed by atoms with van der Waals surface area (Å²) in [4.78, 5) is 17.1. The van der Waals surface area contributed by atoms with Gasteiger partial charge in [0.25, 0.3) is 0 Å². The molecule has 1 amide bonds. The van der Waals surface area contributed by atoms with E-state index in [0.717, 1.165) is 34.2 Å². The number of benzene rings is 1. The van der Waals surface area contributed by atoms with Crippen LogP contribution in [-0.4, -0.2) is 33.2 Å². The van der Waals surface area contributed by atoms with Gasteiger partial charge in [-0.2, -0.15) is 5.10 Å². The Balaban J connectivity index is 0.000000489. The monoisotopic (exact) mass is 382 g/mol. The highest BCUT2D eigenvalue weighted by atomic mass is 16.1. The van der Waals surface area contributed by atoms with Crippen molar-refractivity contribution in [1.82, 2.24) is 19.7 Å². The zero-order valence-corrected chi connectivity index (χ0v) is 17.3. The average Bonchev–Trinajstić information content (AvgIpc) is 3.06. The Morgan fingerprint density at radius 3 is 2.07 bits per heavy atom. The van der Waals surface area contributed by atoms with Gasteiger partial charge in [-0.25, -0.2) is 14.6 Å². The number of hydrogen-bond donors (Lipinski definition) is 2. The summed E-state index contributed by atoms with van der Waals surface area (Å²) in [7, 11) is 1.90. The lowest BCUT2D eigenvalue weighted by Gasteiger charge is -2.06. The second kappa shape index (κ2) is 12.2. The highest BCUT2D eigenvalue weighted by molar-refractivity contribution is 5.69. The molecule has 150 valence electrons. The first-order chi connectivity index (χ1) is 13.5. The van der Waals surface area contributed by atoms with E-state index in [1.54, 1.807) is 0 Å². The normalized spacial score (nSPS) is 9.46. The third-order valence-corrected chi connectivity index (χ3v) is 3.91. The van der Waals surface area contributed by atoms with Crippen LogP contribution < -0.4 is 11.1 Å². The Labute approximate surface area is 167 Å². The number of aryl methyl sites for hydroxylation is 1. The molecule has 0 radical (unpaired) electrons. The SMILES string of the molecule is CCCC.CNc1c(C)c(-c2cnc(C)nc2)nn1-c1ccccc1.NC=O. The standard InChI is InChI=1S/C16H17N5.C4H10.CH3NO/c1-11-15(13-9-18-12(2)19-10-13)20-21(16(11)17-3)14-7-5-4-6-8-14;1-3-4-2;2-1-3/h4-10,17H,1-3H3;3-4H2,1-2H3;1H,(H2,2,3). The smallest absolute Gasteiger partial charge is 0.204 e. The Hall–Kier alpha value is -3.22. The van der Waals surface area contributed by atoms with Crippen LogP contribution in [-0.2, 0) is 4.79 Å². The number of hydrogen-bond acceptors (Lipinski definition) is 5. The summed E-state index contributed by atoms with van der Waals surface area (Å²) in [5.74, 6) is 1.73. The third-order valence-electron chi connectivity index (χ3n) is 3.91. The molecule has 7 nitrogen and oxygen atoms in total. The van der Waals surface area contributed by atoms with E-state index < -0.39 is 0 Å². The first-order valence-electron chi connectivity index (χ1n) is 9.31. The molecule has 7 heteroatoms. The highest BCUT2D eigenvalue weighted by Crippen LogP contribution is 2.29. The van der Waals surface area contributed by atoms with Gasteiger partial charge >= 0.3 is 0 Å². The minimum atomic E-state index is 0.250. The number of para-hydroxylation sites is 1. The molecule has 0 spiro atoms. The lowest BCUT2D eigenvalue weighted by Crippen LogP contribution is -2.02. The van der Waals surface area contributed by atoms with Crippen LogP contribution >= 0.6 is 0 Å². The second-order valence-corrected chi connectivity index (χ2v) is 5.97. The molecule has 3 N–H and O–H groups in total.